The van der Waals surface area contributed by atoms with Crippen LogP contribution in [-0.2, 0) is 14.8 Å². The van der Waals surface area contributed by atoms with E-state index >= 15 is 0 Å². The minimum absolute atomic E-state index is 0.000581. The highest BCUT2D eigenvalue weighted by atomic mass is 32.2. The van der Waals surface area contributed by atoms with E-state index in [1.54, 1.807) is 48.5 Å². The average molecular weight is 420 g/mol. The van der Waals surface area contributed by atoms with Crippen molar-refractivity contribution in [2.24, 2.45) is 0 Å². The summed E-state index contributed by atoms with van der Waals surface area (Å²) in [6, 6.07) is 13.4. The zero-order chi connectivity index (χ0) is 20.1. The number of carbonyl (C=O) groups is 1. The Morgan fingerprint density at radius 3 is 1.96 bits per heavy atom. The fourth-order valence-electron chi connectivity index (χ4n) is 2.73. The molecule has 1 aliphatic rings. The zero-order valence-corrected chi connectivity index (χ0v) is 17.0. The number of hydrogen-bond acceptors (Lipinski definition) is 5. The molecule has 0 spiro atoms. The minimum atomic E-state index is -3.52. The molecule has 3 rings (SSSR count). The first kappa shape index (κ1) is 20.4. The van der Waals surface area contributed by atoms with Gasteiger partial charge < -0.3 is 15.4 Å². The number of rotatable bonds is 5. The molecule has 0 aromatic heterocycles. The van der Waals surface area contributed by atoms with E-state index in [0.717, 1.165) is 5.69 Å². The third-order valence-electron chi connectivity index (χ3n) is 4.27. The topological polar surface area (TPSA) is 87.7 Å². The van der Waals surface area contributed by atoms with Crippen molar-refractivity contribution in [2.45, 2.75) is 11.8 Å². The van der Waals surface area contributed by atoms with Crippen LogP contribution in [-0.4, -0.2) is 49.9 Å². The molecule has 0 unspecified atom stereocenters. The molecular formula is C19H21N3O4S2. The summed E-state index contributed by atoms with van der Waals surface area (Å²) < 4.78 is 31.9. The van der Waals surface area contributed by atoms with Crippen molar-refractivity contribution in [1.29, 1.82) is 0 Å². The second-order valence-electron chi connectivity index (χ2n) is 6.25. The standard InChI is InChI=1S/C19H21N3O4S2/c1-14(23)15-2-4-16(5-3-15)20-19(27)21-17-6-8-18(9-7-17)28(24,25)22-10-12-26-13-11-22/h2-9H,10-13H2,1H3,(H2,20,21,27). The van der Waals surface area contributed by atoms with Gasteiger partial charge in [-0.2, -0.15) is 4.31 Å². The van der Waals surface area contributed by atoms with Crippen LogP contribution in [0.5, 0.6) is 0 Å². The number of thiocarbonyl (C=S) groups is 1. The van der Waals surface area contributed by atoms with Gasteiger partial charge in [0.15, 0.2) is 10.9 Å². The molecule has 1 aliphatic heterocycles. The molecule has 0 radical (unpaired) electrons. The molecule has 1 saturated heterocycles. The zero-order valence-electron chi connectivity index (χ0n) is 15.3. The van der Waals surface area contributed by atoms with Gasteiger partial charge in [0.05, 0.1) is 18.1 Å². The third-order valence-corrected chi connectivity index (χ3v) is 6.39. The fraction of sp³-hybridized carbons (Fsp3) is 0.263. The Morgan fingerprint density at radius 2 is 1.46 bits per heavy atom. The molecule has 148 valence electrons. The number of benzene rings is 2. The van der Waals surface area contributed by atoms with E-state index in [-0.39, 0.29) is 10.7 Å². The smallest absolute Gasteiger partial charge is 0.243 e. The van der Waals surface area contributed by atoms with Crippen LogP contribution in [0, 0.1) is 0 Å². The molecule has 7 nitrogen and oxygen atoms in total. The lowest BCUT2D eigenvalue weighted by Crippen LogP contribution is -2.40. The first-order chi connectivity index (χ1) is 13.4. The molecule has 28 heavy (non-hydrogen) atoms. The van der Waals surface area contributed by atoms with Gasteiger partial charge >= 0.3 is 0 Å². The van der Waals surface area contributed by atoms with E-state index in [1.165, 1.54) is 11.2 Å². The Labute approximate surface area is 169 Å². The van der Waals surface area contributed by atoms with E-state index in [0.29, 0.717) is 42.7 Å². The van der Waals surface area contributed by atoms with Crippen LogP contribution in [0.4, 0.5) is 11.4 Å². The van der Waals surface area contributed by atoms with E-state index < -0.39 is 10.0 Å². The summed E-state index contributed by atoms with van der Waals surface area (Å²) in [6.07, 6.45) is 0. The molecule has 1 heterocycles. The average Bonchev–Trinajstić information content (AvgIpc) is 2.69. The van der Waals surface area contributed by atoms with Crippen molar-refractivity contribution < 1.29 is 17.9 Å². The maximum Gasteiger partial charge on any atom is 0.243 e. The van der Waals surface area contributed by atoms with Gasteiger partial charge in [-0.3, -0.25) is 4.79 Å². The van der Waals surface area contributed by atoms with Gasteiger partial charge in [0.1, 0.15) is 0 Å². The maximum absolute atomic E-state index is 12.6. The van der Waals surface area contributed by atoms with Gasteiger partial charge in [0.2, 0.25) is 10.0 Å². The van der Waals surface area contributed by atoms with Gasteiger partial charge in [0.25, 0.3) is 0 Å². The molecule has 2 aromatic carbocycles. The molecule has 0 atom stereocenters. The molecule has 9 heteroatoms. The van der Waals surface area contributed by atoms with E-state index in [9.17, 15) is 13.2 Å². The number of morpholine rings is 1. The van der Waals surface area contributed by atoms with E-state index in [2.05, 4.69) is 10.6 Å². The summed E-state index contributed by atoms with van der Waals surface area (Å²) >= 11 is 5.28. The molecule has 0 bridgehead atoms. The van der Waals surface area contributed by atoms with Crippen LogP contribution in [0.25, 0.3) is 0 Å². The van der Waals surface area contributed by atoms with E-state index in [1.807, 2.05) is 0 Å². The number of anilines is 2. The monoisotopic (exact) mass is 419 g/mol. The van der Waals surface area contributed by atoms with Crippen molar-refractivity contribution in [3.8, 4) is 0 Å². The highest BCUT2D eigenvalue weighted by molar-refractivity contribution is 7.89. The van der Waals surface area contributed by atoms with Crippen LogP contribution < -0.4 is 10.6 Å². The molecule has 1 fully saturated rings. The van der Waals surface area contributed by atoms with Gasteiger partial charge in [-0.15, -0.1) is 0 Å². The highest BCUT2D eigenvalue weighted by Gasteiger charge is 2.26. The summed E-state index contributed by atoms with van der Waals surface area (Å²) in [4.78, 5) is 11.5. The van der Waals surface area contributed by atoms with Crippen molar-refractivity contribution in [3.63, 3.8) is 0 Å². The summed E-state index contributed by atoms with van der Waals surface area (Å²) in [6.45, 7) is 3.05. The first-order valence-corrected chi connectivity index (χ1v) is 10.6. The van der Waals surface area contributed by atoms with Crippen molar-refractivity contribution in [1.82, 2.24) is 4.31 Å². The Kier molecular flexibility index (Phi) is 6.40. The Morgan fingerprint density at radius 1 is 0.964 bits per heavy atom. The largest absolute Gasteiger partial charge is 0.379 e. The lowest BCUT2D eigenvalue weighted by atomic mass is 10.1. The van der Waals surface area contributed by atoms with Crippen LogP contribution >= 0.6 is 12.2 Å². The number of sulfonamides is 1. The summed E-state index contributed by atoms with van der Waals surface area (Å²) in [5.74, 6) is -0.000581. The minimum Gasteiger partial charge on any atom is -0.379 e. The normalized spacial score (nSPS) is 15.0. The predicted molar refractivity (Wildman–Crippen MR) is 112 cm³/mol. The first-order valence-electron chi connectivity index (χ1n) is 8.73. The van der Waals surface area contributed by atoms with Gasteiger partial charge in [0, 0.05) is 30.0 Å². The fourth-order valence-corrected chi connectivity index (χ4v) is 4.37. The summed E-state index contributed by atoms with van der Waals surface area (Å²) in [5, 5.41) is 6.39. The molecule has 0 aliphatic carbocycles. The number of hydrogen-bond donors (Lipinski definition) is 2. The van der Waals surface area contributed by atoms with Gasteiger partial charge in [-0.25, -0.2) is 8.42 Å². The lowest BCUT2D eigenvalue weighted by molar-refractivity contribution is 0.0730. The number of nitrogens with zero attached hydrogens (tertiary/aromatic N) is 1. The number of ketones is 1. The molecule has 2 aromatic rings. The van der Waals surface area contributed by atoms with Crippen LogP contribution in [0.1, 0.15) is 17.3 Å². The summed E-state index contributed by atoms with van der Waals surface area (Å²) in [7, 11) is -3.52. The molecule has 2 N–H and O–H groups in total. The van der Waals surface area contributed by atoms with Crippen molar-refractivity contribution >= 4 is 44.5 Å². The molecular weight excluding hydrogens is 398 g/mol. The Balaban J connectivity index is 1.62. The second-order valence-corrected chi connectivity index (χ2v) is 8.60. The van der Waals surface area contributed by atoms with E-state index in [4.69, 9.17) is 17.0 Å². The third kappa shape index (κ3) is 4.93. The molecule has 0 amide bonds. The highest BCUT2D eigenvalue weighted by Crippen LogP contribution is 2.20. The Hall–Kier alpha value is -2.33. The predicted octanol–water partition coefficient (Wildman–Crippen LogP) is 2.72. The van der Waals surface area contributed by atoms with Crippen molar-refractivity contribution in [3.05, 3.63) is 54.1 Å². The van der Waals surface area contributed by atoms with Crippen LogP contribution in [0.2, 0.25) is 0 Å². The van der Waals surface area contributed by atoms with Gasteiger partial charge in [-0.05, 0) is 67.7 Å². The second kappa shape index (κ2) is 8.78. The molecule has 0 saturated carbocycles. The lowest BCUT2D eigenvalue weighted by Gasteiger charge is -2.26. The maximum atomic E-state index is 12.6. The number of Topliss-reactive ketones (excluding diaryl/α,β-unsaturated/α-hetero) is 1. The number of carbonyl (C=O) groups excluding carboxylic acids is 1. The van der Waals surface area contributed by atoms with Crippen LogP contribution in [0.3, 0.4) is 0 Å². The number of ether oxygens (including phenoxy) is 1. The number of nitrogens with one attached hydrogen (secondary N) is 2. The van der Waals surface area contributed by atoms with Crippen LogP contribution in [0.15, 0.2) is 53.4 Å². The summed E-state index contributed by atoms with van der Waals surface area (Å²) in [5.41, 5.74) is 2.04. The Bertz CT molecular complexity index is 952. The van der Waals surface area contributed by atoms with Gasteiger partial charge in [-0.1, -0.05) is 0 Å². The quantitative estimate of drug-likeness (QED) is 0.569. The van der Waals surface area contributed by atoms with Crippen molar-refractivity contribution in [2.75, 3.05) is 36.9 Å². The SMILES string of the molecule is CC(=O)c1ccc(NC(=S)Nc2ccc(S(=O)(=O)N3CCOCC3)cc2)cc1.